The van der Waals surface area contributed by atoms with E-state index in [-0.39, 0.29) is 6.10 Å². The van der Waals surface area contributed by atoms with Gasteiger partial charge in [0, 0.05) is 28.5 Å². The second-order valence-corrected chi connectivity index (χ2v) is 5.74. The molecule has 0 amide bonds. The molecule has 0 atom stereocenters. The highest BCUT2D eigenvalue weighted by molar-refractivity contribution is 5.93. The number of fused-ring (bicyclic) bond motifs is 1. The van der Waals surface area contributed by atoms with Gasteiger partial charge in [0.05, 0.1) is 11.6 Å². The van der Waals surface area contributed by atoms with Crippen LogP contribution in [0.15, 0.2) is 24.3 Å². The number of pyridine rings is 1. The molecule has 106 valence electrons. The Balaban J connectivity index is 1.92. The van der Waals surface area contributed by atoms with Crippen molar-refractivity contribution >= 4 is 22.3 Å². The fourth-order valence-corrected chi connectivity index (χ4v) is 2.94. The summed E-state index contributed by atoms with van der Waals surface area (Å²) in [6, 6.07) is 8.32. The van der Waals surface area contributed by atoms with E-state index in [1.165, 1.54) is 0 Å². The molecule has 0 unspecified atom stereocenters. The molecule has 4 heteroatoms. The van der Waals surface area contributed by atoms with Crippen LogP contribution in [0.1, 0.15) is 31.4 Å². The number of nitrogens with one attached hydrogen (secondary N) is 1. The van der Waals surface area contributed by atoms with Crippen molar-refractivity contribution in [3.8, 4) is 0 Å². The van der Waals surface area contributed by atoms with Crippen molar-refractivity contribution in [2.75, 3.05) is 11.1 Å². The van der Waals surface area contributed by atoms with Crippen molar-refractivity contribution < 1.29 is 5.11 Å². The van der Waals surface area contributed by atoms with Crippen LogP contribution in [0, 0.1) is 6.92 Å². The van der Waals surface area contributed by atoms with Gasteiger partial charge in [-0.05, 0) is 56.9 Å². The SMILES string of the molecule is Cc1cc(NC2CCC(O)CC2)c2cc(N)ccc2n1. The fourth-order valence-electron chi connectivity index (χ4n) is 2.94. The van der Waals surface area contributed by atoms with Crippen LogP contribution in [0.3, 0.4) is 0 Å². The van der Waals surface area contributed by atoms with E-state index in [1.807, 2.05) is 25.1 Å². The van der Waals surface area contributed by atoms with Crippen LogP contribution in [-0.4, -0.2) is 22.2 Å². The third-order valence-corrected chi connectivity index (χ3v) is 4.02. The summed E-state index contributed by atoms with van der Waals surface area (Å²) in [4.78, 5) is 4.55. The van der Waals surface area contributed by atoms with Crippen molar-refractivity contribution in [1.82, 2.24) is 4.98 Å². The first kappa shape index (κ1) is 13.2. The zero-order valence-electron chi connectivity index (χ0n) is 11.8. The van der Waals surface area contributed by atoms with Crippen molar-refractivity contribution in [2.45, 2.75) is 44.8 Å². The van der Waals surface area contributed by atoms with Crippen LogP contribution in [0.25, 0.3) is 10.9 Å². The van der Waals surface area contributed by atoms with E-state index in [9.17, 15) is 5.11 Å². The van der Waals surface area contributed by atoms with E-state index in [2.05, 4.69) is 16.4 Å². The number of aromatic nitrogens is 1. The largest absolute Gasteiger partial charge is 0.399 e. The number of nitrogens with zero attached hydrogens (tertiary/aromatic N) is 1. The maximum absolute atomic E-state index is 9.59. The lowest BCUT2D eigenvalue weighted by Crippen LogP contribution is -2.28. The van der Waals surface area contributed by atoms with Crippen LogP contribution in [0.5, 0.6) is 0 Å². The topological polar surface area (TPSA) is 71.2 Å². The highest BCUT2D eigenvalue weighted by atomic mass is 16.3. The smallest absolute Gasteiger partial charge is 0.0727 e. The highest BCUT2D eigenvalue weighted by Gasteiger charge is 2.19. The standard InChI is InChI=1S/C16H21N3O/c1-10-8-16(19-12-3-5-13(20)6-4-12)14-9-11(17)2-7-15(14)18-10/h2,7-9,12-13,20H,3-6,17H2,1H3,(H,18,19). The minimum atomic E-state index is -0.125. The zero-order chi connectivity index (χ0) is 14.1. The molecule has 0 aliphatic heterocycles. The molecule has 1 saturated carbocycles. The summed E-state index contributed by atoms with van der Waals surface area (Å²) in [5.41, 5.74) is 9.72. The predicted molar refractivity (Wildman–Crippen MR) is 82.8 cm³/mol. The summed E-state index contributed by atoms with van der Waals surface area (Å²) >= 11 is 0. The maximum atomic E-state index is 9.59. The normalized spacial score (nSPS) is 22.9. The van der Waals surface area contributed by atoms with Crippen LogP contribution < -0.4 is 11.1 Å². The lowest BCUT2D eigenvalue weighted by Gasteiger charge is -2.27. The Morgan fingerprint density at radius 1 is 1.20 bits per heavy atom. The van der Waals surface area contributed by atoms with Crippen LogP contribution in [0.4, 0.5) is 11.4 Å². The Kier molecular flexibility index (Phi) is 3.49. The average molecular weight is 271 g/mol. The van der Waals surface area contributed by atoms with E-state index >= 15 is 0 Å². The molecule has 1 fully saturated rings. The summed E-state index contributed by atoms with van der Waals surface area (Å²) < 4.78 is 0. The molecule has 1 heterocycles. The van der Waals surface area contributed by atoms with Gasteiger partial charge in [0.2, 0.25) is 0 Å². The minimum absolute atomic E-state index is 0.125. The minimum Gasteiger partial charge on any atom is -0.399 e. The van der Waals surface area contributed by atoms with E-state index in [1.54, 1.807) is 0 Å². The van der Waals surface area contributed by atoms with Gasteiger partial charge in [0.1, 0.15) is 0 Å². The van der Waals surface area contributed by atoms with Crippen molar-refractivity contribution in [3.05, 3.63) is 30.0 Å². The lowest BCUT2D eigenvalue weighted by molar-refractivity contribution is 0.126. The first-order chi connectivity index (χ1) is 9.61. The second-order valence-electron chi connectivity index (χ2n) is 5.74. The first-order valence-electron chi connectivity index (χ1n) is 7.23. The van der Waals surface area contributed by atoms with Gasteiger partial charge < -0.3 is 16.2 Å². The fraction of sp³-hybridized carbons (Fsp3) is 0.438. The Morgan fingerprint density at radius 2 is 1.95 bits per heavy atom. The number of nitrogens with two attached hydrogens (primary N) is 1. The monoisotopic (exact) mass is 271 g/mol. The Bertz CT molecular complexity index is 618. The van der Waals surface area contributed by atoms with Gasteiger partial charge in [-0.2, -0.15) is 0 Å². The second kappa shape index (κ2) is 5.29. The quantitative estimate of drug-likeness (QED) is 0.734. The number of anilines is 2. The molecule has 0 bridgehead atoms. The van der Waals surface area contributed by atoms with E-state index < -0.39 is 0 Å². The third-order valence-electron chi connectivity index (χ3n) is 4.02. The van der Waals surface area contributed by atoms with Gasteiger partial charge in [-0.3, -0.25) is 4.98 Å². The molecule has 0 saturated heterocycles. The molecule has 1 aliphatic rings. The highest BCUT2D eigenvalue weighted by Crippen LogP contribution is 2.28. The number of rotatable bonds is 2. The van der Waals surface area contributed by atoms with E-state index in [0.29, 0.717) is 6.04 Å². The van der Waals surface area contributed by atoms with Gasteiger partial charge in [-0.25, -0.2) is 0 Å². The molecular formula is C16H21N3O. The summed E-state index contributed by atoms with van der Waals surface area (Å²) in [6.07, 6.45) is 3.64. The molecule has 1 aliphatic carbocycles. The molecule has 1 aromatic heterocycles. The van der Waals surface area contributed by atoms with Gasteiger partial charge in [-0.1, -0.05) is 0 Å². The summed E-state index contributed by atoms with van der Waals surface area (Å²) in [5.74, 6) is 0. The number of nitrogen functional groups attached to an aromatic ring is 1. The molecule has 3 rings (SSSR count). The Hall–Kier alpha value is -1.81. The van der Waals surface area contributed by atoms with E-state index in [0.717, 1.165) is 53.7 Å². The predicted octanol–water partition coefficient (Wildman–Crippen LogP) is 2.84. The first-order valence-corrected chi connectivity index (χ1v) is 7.23. The molecule has 4 N–H and O–H groups in total. The number of hydrogen-bond donors (Lipinski definition) is 3. The lowest BCUT2D eigenvalue weighted by atomic mass is 9.93. The van der Waals surface area contributed by atoms with Crippen molar-refractivity contribution in [3.63, 3.8) is 0 Å². The van der Waals surface area contributed by atoms with Gasteiger partial charge >= 0.3 is 0 Å². The summed E-state index contributed by atoms with van der Waals surface area (Å²) in [6.45, 7) is 2.01. The summed E-state index contributed by atoms with van der Waals surface area (Å²) in [5, 5.41) is 14.3. The summed E-state index contributed by atoms with van der Waals surface area (Å²) in [7, 11) is 0. The average Bonchev–Trinajstić information content (AvgIpc) is 2.42. The van der Waals surface area contributed by atoms with Gasteiger partial charge in [-0.15, -0.1) is 0 Å². The maximum Gasteiger partial charge on any atom is 0.0727 e. The zero-order valence-corrected chi connectivity index (χ0v) is 11.8. The number of aliphatic hydroxyl groups excluding tert-OH is 1. The number of aryl methyl sites for hydroxylation is 1. The molecule has 0 spiro atoms. The molecule has 2 aromatic rings. The van der Waals surface area contributed by atoms with Gasteiger partial charge in [0.15, 0.2) is 0 Å². The third kappa shape index (κ3) is 2.70. The number of aliphatic hydroxyl groups is 1. The van der Waals surface area contributed by atoms with Crippen LogP contribution in [-0.2, 0) is 0 Å². The van der Waals surface area contributed by atoms with Crippen LogP contribution >= 0.6 is 0 Å². The Morgan fingerprint density at radius 3 is 2.70 bits per heavy atom. The molecule has 4 nitrogen and oxygen atoms in total. The molecule has 0 radical (unpaired) electrons. The van der Waals surface area contributed by atoms with Crippen molar-refractivity contribution in [2.24, 2.45) is 0 Å². The molecule has 1 aromatic carbocycles. The number of hydrogen-bond acceptors (Lipinski definition) is 4. The molecule has 20 heavy (non-hydrogen) atoms. The van der Waals surface area contributed by atoms with Crippen molar-refractivity contribution in [1.29, 1.82) is 0 Å². The Labute approximate surface area is 119 Å². The van der Waals surface area contributed by atoms with Crippen LogP contribution in [0.2, 0.25) is 0 Å². The molecular weight excluding hydrogens is 250 g/mol. The van der Waals surface area contributed by atoms with E-state index in [4.69, 9.17) is 5.73 Å². The van der Waals surface area contributed by atoms with Gasteiger partial charge in [0.25, 0.3) is 0 Å². The number of benzene rings is 1.